The van der Waals surface area contributed by atoms with E-state index in [0.29, 0.717) is 23.9 Å². The van der Waals surface area contributed by atoms with Crippen molar-refractivity contribution in [3.63, 3.8) is 0 Å². The molecule has 1 unspecified atom stereocenters. The summed E-state index contributed by atoms with van der Waals surface area (Å²) in [5.41, 5.74) is 3.52. The van der Waals surface area contributed by atoms with Crippen LogP contribution in [0, 0.1) is 13.8 Å². The van der Waals surface area contributed by atoms with Gasteiger partial charge in [0, 0.05) is 13.1 Å². The zero-order valence-corrected chi connectivity index (χ0v) is 13.8. The van der Waals surface area contributed by atoms with Crippen molar-refractivity contribution in [2.24, 2.45) is 0 Å². The monoisotopic (exact) mass is 315 g/mol. The van der Waals surface area contributed by atoms with Gasteiger partial charge in [0.1, 0.15) is 0 Å². The predicted octanol–water partition coefficient (Wildman–Crippen LogP) is 3.48. The van der Waals surface area contributed by atoms with E-state index in [2.05, 4.69) is 31.2 Å². The minimum atomic E-state index is -3.37. The Morgan fingerprint density at radius 3 is 2.05 bits per heavy atom. The largest absolute Gasteiger partial charge is 0.243 e. The molecule has 4 heteroatoms. The van der Waals surface area contributed by atoms with Gasteiger partial charge in [-0.25, -0.2) is 8.42 Å². The maximum Gasteiger partial charge on any atom is 0.243 e. The molecule has 2 aromatic rings. The Morgan fingerprint density at radius 2 is 1.45 bits per heavy atom. The molecule has 2 aromatic carbocycles. The third kappa shape index (κ3) is 2.94. The Labute approximate surface area is 132 Å². The number of aryl methyl sites for hydroxylation is 2. The molecule has 0 bridgehead atoms. The van der Waals surface area contributed by atoms with E-state index in [-0.39, 0.29) is 0 Å². The normalized spacial score (nSPS) is 19.5. The van der Waals surface area contributed by atoms with Crippen LogP contribution < -0.4 is 0 Å². The number of hydrogen-bond acceptors (Lipinski definition) is 2. The molecule has 1 saturated heterocycles. The number of benzene rings is 2. The number of rotatable bonds is 3. The van der Waals surface area contributed by atoms with Crippen LogP contribution in [-0.4, -0.2) is 25.8 Å². The van der Waals surface area contributed by atoms with Gasteiger partial charge in [-0.2, -0.15) is 4.31 Å². The first-order chi connectivity index (χ1) is 10.5. The SMILES string of the molecule is Cc1ccc(C2CCN(S(=O)(=O)c3ccc(C)cc3)C2)cc1. The smallest absolute Gasteiger partial charge is 0.207 e. The predicted molar refractivity (Wildman–Crippen MR) is 88.5 cm³/mol. The summed E-state index contributed by atoms with van der Waals surface area (Å²) in [6, 6.07) is 15.5. The molecule has 0 spiro atoms. The maximum absolute atomic E-state index is 12.7. The van der Waals surface area contributed by atoms with Gasteiger partial charge in [0.25, 0.3) is 0 Å². The highest BCUT2D eigenvalue weighted by atomic mass is 32.2. The molecule has 0 amide bonds. The second-order valence-corrected chi connectivity index (χ2v) is 8.01. The molecule has 1 fully saturated rings. The van der Waals surface area contributed by atoms with E-state index in [1.165, 1.54) is 11.1 Å². The van der Waals surface area contributed by atoms with Crippen LogP contribution in [0.5, 0.6) is 0 Å². The molecule has 0 aliphatic carbocycles. The molecule has 0 saturated carbocycles. The molecule has 1 heterocycles. The third-order valence-corrected chi connectivity index (χ3v) is 6.24. The van der Waals surface area contributed by atoms with Crippen LogP contribution in [0.2, 0.25) is 0 Å². The summed E-state index contributed by atoms with van der Waals surface area (Å²) in [4.78, 5) is 0.391. The van der Waals surface area contributed by atoms with Gasteiger partial charge >= 0.3 is 0 Å². The fourth-order valence-electron chi connectivity index (χ4n) is 2.92. The van der Waals surface area contributed by atoms with Crippen molar-refractivity contribution < 1.29 is 8.42 Å². The van der Waals surface area contributed by atoms with Crippen LogP contribution >= 0.6 is 0 Å². The Bertz CT molecular complexity index is 749. The fraction of sp³-hybridized carbons (Fsp3) is 0.333. The van der Waals surface area contributed by atoms with E-state index in [1.807, 2.05) is 19.1 Å². The quantitative estimate of drug-likeness (QED) is 0.869. The van der Waals surface area contributed by atoms with Gasteiger partial charge in [0.15, 0.2) is 0 Å². The highest BCUT2D eigenvalue weighted by molar-refractivity contribution is 7.89. The molecule has 0 aromatic heterocycles. The van der Waals surface area contributed by atoms with E-state index in [1.54, 1.807) is 16.4 Å². The topological polar surface area (TPSA) is 37.4 Å². The molecule has 116 valence electrons. The summed E-state index contributed by atoms with van der Waals surface area (Å²) in [5.74, 6) is 0.292. The molecular weight excluding hydrogens is 294 g/mol. The van der Waals surface area contributed by atoms with Crippen LogP contribution in [0.1, 0.15) is 29.0 Å². The van der Waals surface area contributed by atoms with E-state index < -0.39 is 10.0 Å². The van der Waals surface area contributed by atoms with Gasteiger partial charge in [-0.1, -0.05) is 47.5 Å². The van der Waals surface area contributed by atoms with Crippen molar-refractivity contribution in [1.82, 2.24) is 4.31 Å². The molecular formula is C18H21NO2S. The van der Waals surface area contributed by atoms with Crippen LogP contribution in [-0.2, 0) is 10.0 Å². The lowest BCUT2D eigenvalue weighted by Crippen LogP contribution is -2.28. The lowest BCUT2D eigenvalue weighted by molar-refractivity contribution is 0.473. The van der Waals surface area contributed by atoms with Gasteiger partial charge in [-0.15, -0.1) is 0 Å². The molecule has 22 heavy (non-hydrogen) atoms. The second-order valence-electron chi connectivity index (χ2n) is 6.07. The van der Waals surface area contributed by atoms with Gasteiger partial charge < -0.3 is 0 Å². The number of hydrogen-bond donors (Lipinski definition) is 0. The van der Waals surface area contributed by atoms with Crippen molar-refractivity contribution in [2.75, 3.05) is 13.1 Å². The fourth-order valence-corrected chi connectivity index (χ4v) is 4.42. The summed E-state index contributed by atoms with van der Waals surface area (Å²) in [6.45, 7) is 5.18. The van der Waals surface area contributed by atoms with Gasteiger partial charge in [-0.3, -0.25) is 0 Å². The maximum atomic E-state index is 12.7. The minimum absolute atomic E-state index is 0.292. The highest BCUT2D eigenvalue weighted by Crippen LogP contribution is 2.31. The van der Waals surface area contributed by atoms with Crippen LogP contribution in [0.25, 0.3) is 0 Å². The standard InChI is InChI=1S/C18H21NO2S/c1-14-3-7-16(8-4-14)17-11-12-19(13-17)22(20,21)18-9-5-15(2)6-10-18/h3-10,17H,11-13H2,1-2H3. The summed E-state index contributed by atoms with van der Waals surface area (Å²) in [6.07, 6.45) is 0.883. The first kappa shape index (κ1) is 15.3. The number of nitrogens with zero attached hydrogens (tertiary/aromatic N) is 1. The molecule has 0 radical (unpaired) electrons. The lowest BCUT2D eigenvalue weighted by Gasteiger charge is -2.17. The first-order valence-electron chi connectivity index (χ1n) is 7.60. The molecule has 1 aliphatic rings. The Hall–Kier alpha value is -1.65. The highest BCUT2D eigenvalue weighted by Gasteiger charge is 2.33. The van der Waals surface area contributed by atoms with Crippen molar-refractivity contribution in [2.45, 2.75) is 31.1 Å². The minimum Gasteiger partial charge on any atom is -0.207 e. The van der Waals surface area contributed by atoms with E-state index in [4.69, 9.17) is 0 Å². The van der Waals surface area contributed by atoms with E-state index in [0.717, 1.165) is 12.0 Å². The second kappa shape index (κ2) is 5.86. The van der Waals surface area contributed by atoms with Crippen molar-refractivity contribution in [3.8, 4) is 0 Å². The average molecular weight is 315 g/mol. The number of sulfonamides is 1. The third-order valence-electron chi connectivity index (χ3n) is 4.36. The van der Waals surface area contributed by atoms with Crippen LogP contribution in [0.3, 0.4) is 0 Å². The summed E-state index contributed by atoms with van der Waals surface area (Å²) < 4.78 is 27.0. The Balaban J connectivity index is 1.79. The Kier molecular flexibility index (Phi) is 4.06. The zero-order chi connectivity index (χ0) is 15.7. The molecule has 3 nitrogen and oxygen atoms in total. The van der Waals surface area contributed by atoms with Crippen LogP contribution in [0.15, 0.2) is 53.4 Å². The zero-order valence-electron chi connectivity index (χ0n) is 13.0. The van der Waals surface area contributed by atoms with E-state index in [9.17, 15) is 8.42 Å². The van der Waals surface area contributed by atoms with E-state index >= 15 is 0 Å². The van der Waals surface area contributed by atoms with Crippen LogP contribution in [0.4, 0.5) is 0 Å². The van der Waals surface area contributed by atoms with Gasteiger partial charge in [0.2, 0.25) is 10.0 Å². The summed E-state index contributed by atoms with van der Waals surface area (Å²) in [7, 11) is -3.37. The average Bonchev–Trinajstić information content (AvgIpc) is 2.99. The van der Waals surface area contributed by atoms with Crippen molar-refractivity contribution >= 4 is 10.0 Å². The summed E-state index contributed by atoms with van der Waals surface area (Å²) >= 11 is 0. The first-order valence-corrected chi connectivity index (χ1v) is 9.04. The summed E-state index contributed by atoms with van der Waals surface area (Å²) in [5, 5.41) is 0. The van der Waals surface area contributed by atoms with Gasteiger partial charge in [0.05, 0.1) is 4.90 Å². The Morgan fingerprint density at radius 1 is 0.909 bits per heavy atom. The molecule has 3 rings (SSSR count). The molecule has 0 N–H and O–H groups in total. The molecule has 1 atom stereocenters. The lowest BCUT2D eigenvalue weighted by atomic mass is 9.98. The molecule has 1 aliphatic heterocycles. The van der Waals surface area contributed by atoms with Crippen molar-refractivity contribution in [3.05, 3.63) is 65.2 Å². The van der Waals surface area contributed by atoms with Gasteiger partial charge in [-0.05, 0) is 43.9 Å². The van der Waals surface area contributed by atoms with Crippen molar-refractivity contribution in [1.29, 1.82) is 0 Å².